The molecule has 1 saturated heterocycles. The number of hydrogen-bond acceptors (Lipinski definition) is 3. The first-order chi connectivity index (χ1) is 9.11. The molecule has 1 aromatic carbocycles. The lowest BCUT2D eigenvalue weighted by molar-refractivity contribution is -0.0373. The van der Waals surface area contributed by atoms with Crippen LogP contribution in [0.1, 0.15) is 5.56 Å². The first-order valence-corrected chi connectivity index (χ1v) is 6.90. The molecule has 1 fully saturated rings. The van der Waals surface area contributed by atoms with E-state index in [1.54, 1.807) is 18.2 Å². The van der Waals surface area contributed by atoms with Gasteiger partial charge in [-0.2, -0.15) is 0 Å². The minimum Gasteiger partial charge on any atom is -0.374 e. The van der Waals surface area contributed by atoms with Crippen molar-refractivity contribution in [2.24, 2.45) is 0 Å². The Kier molecular flexibility index (Phi) is 5.16. The number of morpholine rings is 1. The van der Waals surface area contributed by atoms with Crippen molar-refractivity contribution >= 4 is 11.6 Å². The first-order valence-electron chi connectivity index (χ1n) is 6.52. The smallest absolute Gasteiger partial charge is 0.145 e. The molecule has 2 atom stereocenters. The molecule has 19 heavy (non-hydrogen) atoms. The Morgan fingerprint density at radius 1 is 1.58 bits per heavy atom. The van der Waals surface area contributed by atoms with Crippen molar-refractivity contribution in [1.29, 1.82) is 0 Å². The van der Waals surface area contributed by atoms with Gasteiger partial charge in [0, 0.05) is 19.1 Å². The predicted octanol–water partition coefficient (Wildman–Crippen LogP) is 1.94. The molecule has 2 unspecified atom stereocenters. The molecular formula is C14H20ClFN2O. The van der Waals surface area contributed by atoms with Gasteiger partial charge in [0.1, 0.15) is 5.82 Å². The normalized spacial score (nSPS) is 22.4. The van der Waals surface area contributed by atoms with Gasteiger partial charge in [-0.05, 0) is 32.1 Å². The average Bonchev–Trinajstić information content (AvgIpc) is 2.40. The Bertz CT molecular complexity index is 430. The molecule has 5 heteroatoms. The van der Waals surface area contributed by atoms with Crippen LogP contribution in [-0.4, -0.2) is 50.8 Å². The van der Waals surface area contributed by atoms with Gasteiger partial charge < -0.3 is 15.0 Å². The van der Waals surface area contributed by atoms with Crippen LogP contribution in [0, 0.1) is 5.82 Å². The van der Waals surface area contributed by atoms with Crippen LogP contribution >= 0.6 is 11.6 Å². The van der Waals surface area contributed by atoms with Crippen LogP contribution in [0.5, 0.6) is 0 Å². The molecule has 0 radical (unpaired) electrons. The Morgan fingerprint density at radius 3 is 3.05 bits per heavy atom. The third-order valence-electron chi connectivity index (χ3n) is 3.59. The number of likely N-dealkylation sites (N-methyl/N-ethyl adjacent to an activating group) is 2. The van der Waals surface area contributed by atoms with Crippen molar-refractivity contribution in [2.75, 3.05) is 33.8 Å². The highest BCUT2D eigenvalue weighted by atomic mass is 35.5. The van der Waals surface area contributed by atoms with E-state index in [0.29, 0.717) is 12.0 Å². The van der Waals surface area contributed by atoms with Gasteiger partial charge >= 0.3 is 0 Å². The van der Waals surface area contributed by atoms with Gasteiger partial charge in [-0.3, -0.25) is 0 Å². The quantitative estimate of drug-likeness (QED) is 0.915. The second-order valence-electron chi connectivity index (χ2n) is 4.98. The summed E-state index contributed by atoms with van der Waals surface area (Å²) in [7, 11) is 3.95. The molecule has 1 aliphatic heterocycles. The van der Waals surface area contributed by atoms with Gasteiger partial charge in [0.15, 0.2) is 0 Å². The van der Waals surface area contributed by atoms with E-state index in [1.807, 2.05) is 7.05 Å². The largest absolute Gasteiger partial charge is 0.374 e. The topological polar surface area (TPSA) is 24.5 Å². The monoisotopic (exact) mass is 286 g/mol. The highest BCUT2D eigenvalue weighted by Crippen LogP contribution is 2.20. The molecule has 1 aliphatic rings. The Morgan fingerprint density at radius 2 is 2.37 bits per heavy atom. The van der Waals surface area contributed by atoms with Gasteiger partial charge in [0.2, 0.25) is 0 Å². The standard InChI is InChI=1S/C14H20ClFN2O/c1-17-12(13-9-18(2)6-7-19-13)8-10-4-3-5-11(15)14(10)16/h3-5,12-13,17H,6-9H2,1-2H3. The highest BCUT2D eigenvalue weighted by molar-refractivity contribution is 6.30. The van der Waals surface area contributed by atoms with E-state index in [4.69, 9.17) is 16.3 Å². The van der Waals surface area contributed by atoms with E-state index in [0.717, 1.165) is 19.7 Å². The molecule has 1 heterocycles. The maximum absolute atomic E-state index is 13.9. The molecule has 106 valence electrons. The van der Waals surface area contributed by atoms with Gasteiger partial charge in [0.05, 0.1) is 17.7 Å². The number of ether oxygens (including phenoxy) is 1. The second kappa shape index (κ2) is 6.66. The number of nitrogens with one attached hydrogen (secondary N) is 1. The molecule has 0 bridgehead atoms. The summed E-state index contributed by atoms with van der Waals surface area (Å²) in [4.78, 5) is 2.23. The molecule has 1 aromatic rings. The molecule has 0 aliphatic carbocycles. The first kappa shape index (κ1) is 14.7. The molecular weight excluding hydrogens is 267 g/mol. The van der Waals surface area contributed by atoms with Crippen molar-refractivity contribution in [3.8, 4) is 0 Å². The fourth-order valence-corrected chi connectivity index (χ4v) is 2.61. The van der Waals surface area contributed by atoms with E-state index in [1.165, 1.54) is 0 Å². The van der Waals surface area contributed by atoms with Gasteiger partial charge in [-0.15, -0.1) is 0 Å². The third kappa shape index (κ3) is 3.66. The third-order valence-corrected chi connectivity index (χ3v) is 3.88. The fraction of sp³-hybridized carbons (Fsp3) is 0.571. The van der Waals surface area contributed by atoms with Crippen LogP contribution in [0.15, 0.2) is 18.2 Å². The minimum absolute atomic E-state index is 0.0714. The summed E-state index contributed by atoms with van der Waals surface area (Å²) in [5.41, 5.74) is 0.628. The number of nitrogens with zero attached hydrogens (tertiary/aromatic N) is 1. The summed E-state index contributed by atoms with van der Waals surface area (Å²) in [5, 5.41) is 3.40. The molecule has 0 amide bonds. The lowest BCUT2D eigenvalue weighted by Gasteiger charge is -2.35. The van der Waals surface area contributed by atoms with Gasteiger partial charge in [-0.25, -0.2) is 4.39 Å². The van der Waals surface area contributed by atoms with Gasteiger partial charge in [-0.1, -0.05) is 23.7 Å². The van der Waals surface area contributed by atoms with Crippen LogP contribution in [-0.2, 0) is 11.2 Å². The zero-order valence-corrected chi connectivity index (χ0v) is 12.1. The average molecular weight is 287 g/mol. The van der Waals surface area contributed by atoms with E-state index in [2.05, 4.69) is 17.3 Å². The van der Waals surface area contributed by atoms with Crippen molar-refractivity contribution in [3.05, 3.63) is 34.6 Å². The van der Waals surface area contributed by atoms with Crippen molar-refractivity contribution in [2.45, 2.75) is 18.6 Å². The lowest BCUT2D eigenvalue weighted by atomic mass is 10.00. The Balaban J connectivity index is 2.08. The molecule has 2 rings (SSSR count). The second-order valence-corrected chi connectivity index (χ2v) is 5.39. The summed E-state index contributed by atoms with van der Waals surface area (Å²) in [6, 6.07) is 5.20. The van der Waals surface area contributed by atoms with Crippen LogP contribution in [0.4, 0.5) is 4.39 Å². The molecule has 3 nitrogen and oxygen atoms in total. The van der Waals surface area contributed by atoms with E-state index >= 15 is 0 Å². The van der Waals surface area contributed by atoms with Crippen molar-refractivity contribution < 1.29 is 9.13 Å². The zero-order valence-electron chi connectivity index (χ0n) is 11.3. The van der Waals surface area contributed by atoms with Crippen molar-refractivity contribution in [3.63, 3.8) is 0 Å². The number of halogens is 2. The number of hydrogen-bond donors (Lipinski definition) is 1. The maximum Gasteiger partial charge on any atom is 0.145 e. The highest BCUT2D eigenvalue weighted by Gasteiger charge is 2.26. The number of benzene rings is 1. The van der Waals surface area contributed by atoms with E-state index in [9.17, 15) is 4.39 Å². The Labute approximate surface area is 118 Å². The zero-order chi connectivity index (χ0) is 13.8. The predicted molar refractivity (Wildman–Crippen MR) is 75.2 cm³/mol. The van der Waals surface area contributed by atoms with Crippen LogP contribution in [0.2, 0.25) is 5.02 Å². The number of rotatable bonds is 4. The van der Waals surface area contributed by atoms with Crippen LogP contribution < -0.4 is 5.32 Å². The maximum atomic E-state index is 13.9. The van der Waals surface area contributed by atoms with Gasteiger partial charge in [0.25, 0.3) is 0 Å². The molecule has 0 aromatic heterocycles. The summed E-state index contributed by atoms with van der Waals surface area (Å²) in [6.07, 6.45) is 0.642. The molecule has 0 spiro atoms. The summed E-state index contributed by atoms with van der Waals surface area (Å²) < 4.78 is 19.7. The van der Waals surface area contributed by atoms with E-state index in [-0.39, 0.29) is 23.0 Å². The fourth-order valence-electron chi connectivity index (χ4n) is 2.42. The van der Waals surface area contributed by atoms with Crippen LogP contribution in [0.25, 0.3) is 0 Å². The SMILES string of the molecule is CNC(Cc1cccc(Cl)c1F)C1CN(C)CCO1. The van der Waals surface area contributed by atoms with Crippen LogP contribution in [0.3, 0.4) is 0 Å². The summed E-state index contributed by atoms with van der Waals surface area (Å²) in [6.45, 7) is 2.52. The summed E-state index contributed by atoms with van der Waals surface area (Å²) in [5.74, 6) is -0.325. The summed E-state index contributed by atoms with van der Waals surface area (Å²) >= 11 is 5.81. The van der Waals surface area contributed by atoms with Crippen molar-refractivity contribution in [1.82, 2.24) is 10.2 Å². The molecule has 0 saturated carbocycles. The Hall–Kier alpha value is -0.680. The minimum atomic E-state index is -0.325. The molecule has 1 N–H and O–H groups in total. The van der Waals surface area contributed by atoms with E-state index < -0.39 is 0 Å². The lowest BCUT2D eigenvalue weighted by Crippen LogP contribution is -2.51.